The van der Waals surface area contributed by atoms with E-state index in [0.29, 0.717) is 0 Å². The molecule has 1 aliphatic rings. The van der Waals surface area contributed by atoms with Crippen LogP contribution in [-0.4, -0.2) is 49.2 Å². The van der Waals surface area contributed by atoms with Crippen LogP contribution in [0.4, 0.5) is 0 Å². The Hall–Kier alpha value is -0.840. The molecule has 0 spiro atoms. The fourth-order valence-corrected chi connectivity index (χ4v) is 2.06. The van der Waals surface area contributed by atoms with Crippen molar-refractivity contribution < 1.29 is 0 Å². The van der Waals surface area contributed by atoms with Crippen molar-refractivity contribution in [3.63, 3.8) is 0 Å². The summed E-state index contributed by atoms with van der Waals surface area (Å²) in [5, 5.41) is 6.84. The molecule has 1 saturated heterocycles. The van der Waals surface area contributed by atoms with Crippen molar-refractivity contribution in [3.05, 3.63) is 24.0 Å². The number of piperazine rings is 1. The zero-order valence-corrected chi connectivity index (χ0v) is 9.84. The highest BCUT2D eigenvalue weighted by Crippen LogP contribution is 1.96. The second-order valence-corrected chi connectivity index (χ2v) is 4.34. The average molecular weight is 222 g/mol. The number of aromatic nitrogens is 1. The molecule has 1 aromatic heterocycles. The van der Waals surface area contributed by atoms with E-state index >= 15 is 0 Å². The van der Waals surface area contributed by atoms with Gasteiger partial charge in [-0.05, 0) is 31.1 Å². The summed E-state index contributed by atoms with van der Waals surface area (Å²) in [6, 6.07) is 2.11. The van der Waals surface area contributed by atoms with Crippen LogP contribution in [0.3, 0.4) is 0 Å². The minimum atomic E-state index is 0.977. The van der Waals surface area contributed by atoms with E-state index in [9.17, 15) is 0 Å². The van der Waals surface area contributed by atoms with Crippen molar-refractivity contribution >= 4 is 0 Å². The maximum absolute atomic E-state index is 3.47. The molecule has 0 aliphatic carbocycles. The maximum Gasteiger partial charge on any atom is 0.0220 e. The largest absolute Gasteiger partial charge is 0.367 e. The minimum absolute atomic E-state index is 0.977. The summed E-state index contributed by atoms with van der Waals surface area (Å²) in [6.07, 6.45) is 5.26. The molecular formula is C12H22N4. The van der Waals surface area contributed by atoms with Crippen LogP contribution < -0.4 is 10.6 Å². The van der Waals surface area contributed by atoms with Gasteiger partial charge in [0.2, 0.25) is 0 Å². The summed E-state index contributed by atoms with van der Waals surface area (Å²) in [4.78, 5) is 5.60. The molecule has 4 heteroatoms. The van der Waals surface area contributed by atoms with Crippen LogP contribution in [0, 0.1) is 0 Å². The van der Waals surface area contributed by atoms with E-state index in [1.54, 1.807) is 0 Å². The highest BCUT2D eigenvalue weighted by molar-refractivity contribution is 5.07. The smallest absolute Gasteiger partial charge is 0.0220 e. The molecule has 90 valence electrons. The van der Waals surface area contributed by atoms with E-state index in [1.807, 2.05) is 12.4 Å². The third-order valence-corrected chi connectivity index (χ3v) is 3.03. The van der Waals surface area contributed by atoms with E-state index in [0.717, 1.165) is 26.2 Å². The normalized spacial score (nSPS) is 17.8. The van der Waals surface area contributed by atoms with Gasteiger partial charge in [-0.25, -0.2) is 0 Å². The molecule has 1 aliphatic heterocycles. The first-order valence-electron chi connectivity index (χ1n) is 6.20. The van der Waals surface area contributed by atoms with Gasteiger partial charge in [0.05, 0.1) is 0 Å². The number of nitrogens with one attached hydrogen (secondary N) is 3. The van der Waals surface area contributed by atoms with Gasteiger partial charge in [0.15, 0.2) is 0 Å². The molecule has 2 heterocycles. The number of nitrogens with zero attached hydrogens (tertiary/aromatic N) is 1. The molecule has 0 atom stereocenters. The number of H-pyrrole nitrogens is 1. The molecule has 0 unspecified atom stereocenters. The standard InChI is InChI=1S/C12H22N4/c1(7-16-8-5-13-6-9-16)3-14-10-12-2-4-15-11-12/h2,4,11,13-15H,1,3,5-10H2. The van der Waals surface area contributed by atoms with Crippen LogP contribution in [0.15, 0.2) is 18.5 Å². The summed E-state index contributed by atoms with van der Waals surface area (Å²) in [6.45, 7) is 8.02. The lowest BCUT2D eigenvalue weighted by atomic mass is 10.3. The van der Waals surface area contributed by atoms with Crippen LogP contribution in [0.5, 0.6) is 0 Å². The molecule has 0 aromatic carbocycles. The van der Waals surface area contributed by atoms with Gasteiger partial charge in [-0.2, -0.15) is 0 Å². The molecular weight excluding hydrogens is 200 g/mol. The Morgan fingerprint density at radius 3 is 2.94 bits per heavy atom. The fourth-order valence-electron chi connectivity index (χ4n) is 2.06. The molecule has 0 saturated carbocycles. The van der Waals surface area contributed by atoms with E-state index < -0.39 is 0 Å². The molecule has 2 rings (SSSR count). The van der Waals surface area contributed by atoms with Crippen molar-refractivity contribution in [2.45, 2.75) is 13.0 Å². The SMILES string of the molecule is c1cc(CNCCCN2CCNCC2)c[nH]1. The molecule has 1 fully saturated rings. The average Bonchev–Trinajstić information content (AvgIpc) is 2.83. The third kappa shape index (κ3) is 3.96. The van der Waals surface area contributed by atoms with Crippen LogP contribution in [0.2, 0.25) is 0 Å². The first kappa shape index (κ1) is 11.6. The topological polar surface area (TPSA) is 43.1 Å². The first-order chi connectivity index (χ1) is 7.95. The lowest BCUT2D eigenvalue weighted by Crippen LogP contribution is -2.44. The lowest BCUT2D eigenvalue weighted by molar-refractivity contribution is 0.237. The van der Waals surface area contributed by atoms with Gasteiger partial charge in [0.1, 0.15) is 0 Å². The number of hydrogen-bond donors (Lipinski definition) is 3. The van der Waals surface area contributed by atoms with Gasteiger partial charge in [0.25, 0.3) is 0 Å². The second-order valence-electron chi connectivity index (χ2n) is 4.34. The summed E-state index contributed by atoms with van der Waals surface area (Å²) in [5.41, 5.74) is 1.34. The Morgan fingerprint density at radius 1 is 1.31 bits per heavy atom. The summed E-state index contributed by atoms with van der Waals surface area (Å²) in [7, 11) is 0. The molecule has 0 bridgehead atoms. The van der Waals surface area contributed by atoms with E-state index in [-0.39, 0.29) is 0 Å². The van der Waals surface area contributed by atoms with E-state index in [4.69, 9.17) is 0 Å². The number of hydrogen-bond acceptors (Lipinski definition) is 3. The zero-order chi connectivity index (χ0) is 11.1. The van der Waals surface area contributed by atoms with Crippen LogP contribution in [-0.2, 0) is 6.54 Å². The summed E-state index contributed by atoms with van der Waals surface area (Å²) < 4.78 is 0. The van der Waals surface area contributed by atoms with Gasteiger partial charge < -0.3 is 20.5 Å². The Bertz CT molecular complexity index is 265. The van der Waals surface area contributed by atoms with Gasteiger partial charge in [0, 0.05) is 45.1 Å². The van der Waals surface area contributed by atoms with Crippen LogP contribution in [0.25, 0.3) is 0 Å². The van der Waals surface area contributed by atoms with Gasteiger partial charge >= 0.3 is 0 Å². The maximum atomic E-state index is 3.47. The molecule has 1 aromatic rings. The van der Waals surface area contributed by atoms with Crippen LogP contribution >= 0.6 is 0 Å². The quantitative estimate of drug-likeness (QED) is 0.610. The molecule has 16 heavy (non-hydrogen) atoms. The predicted octanol–water partition coefficient (Wildman–Crippen LogP) is 0.400. The fraction of sp³-hybridized carbons (Fsp3) is 0.667. The monoisotopic (exact) mass is 222 g/mol. The highest BCUT2D eigenvalue weighted by Gasteiger charge is 2.07. The Morgan fingerprint density at radius 2 is 2.19 bits per heavy atom. The Balaban J connectivity index is 1.48. The van der Waals surface area contributed by atoms with Gasteiger partial charge in [-0.3, -0.25) is 0 Å². The van der Waals surface area contributed by atoms with Gasteiger partial charge in [-0.15, -0.1) is 0 Å². The predicted molar refractivity (Wildman–Crippen MR) is 66.4 cm³/mol. The van der Waals surface area contributed by atoms with Crippen molar-refractivity contribution in [3.8, 4) is 0 Å². The molecule has 0 radical (unpaired) electrons. The van der Waals surface area contributed by atoms with Crippen molar-refractivity contribution in [2.75, 3.05) is 39.3 Å². The van der Waals surface area contributed by atoms with E-state index in [2.05, 4.69) is 26.6 Å². The third-order valence-electron chi connectivity index (χ3n) is 3.03. The first-order valence-corrected chi connectivity index (χ1v) is 6.20. The second kappa shape index (κ2) is 6.68. The molecule has 4 nitrogen and oxygen atoms in total. The van der Waals surface area contributed by atoms with Crippen LogP contribution in [0.1, 0.15) is 12.0 Å². The Labute approximate surface area is 97.4 Å². The van der Waals surface area contributed by atoms with E-state index in [1.165, 1.54) is 31.6 Å². The lowest BCUT2D eigenvalue weighted by Gasteiger charge is -2.27. The summed E-state index contributed by atoms with van der Waals surface area (Å²) >= 11 is 0. The Kier molecular flexibility index (Phi) is 4.86. The highest BCUT2D eigenvalue weighted by atomic mass is 15.2. The molecule has 3 N–H and O–H groups in total. The van der Waals surface area contributed by atoms with Crippen molar-refractivity contribution in [1.82, 2.24) is 20.5 Å². The molecule has 0 amide bonds. The van der Waals surface area contributed by atoms with Crippen molar-refractivity contribution in [1.29, 1.82) is 0 Å². The van der Waals surface area contributed by atoms with Gasteiger partial charge in [-0.1, -0.05) is 0 Å². The summed E-state index contributed by atoms with van der Waals surface area (Å²) in [5.74, 6) is 0. The minimum Gasteiger partial charge on any atom is -0.367 e. The zero-order valence-electron chi connectivity index (χ0n) is 9.84. The van der Waals surface area contributed by atoms with Crippen molar-refractivity contribution in [2.24, 2.45) is 0 Å². The number of rotatable bonds is 6. The number of aromatic amines is 1.